The fourth-order valence-electron chi connectivity index (χ4n) is 9.52. The zero-order valence-corrected chi connectivity index (χ0v) is 51.8. The van der Waals surface area contributed by atoms with Gasteiger partial charge in [0, 0.05) is 12.8 Å². The molecule has 0 heterocycles. The average molecular weight is 1100 g/mol. The Labute approximate surface area is 482 Å². The number of carbonyl (C=O) groups excluding carboxylic acids is 2. The third kappa shape index (κ3) is 60.6. The number of nitrogens with zero attached hydrogens (tertiary/aromatic N) is 1. The van der Waals surface area contributed by atoms with Gasteiger partial charge in [-0.3, -0.25) is 9.59 Å². The monoisotopic (exact) mass is 1100 g/mol. The molecule has 0 aliphatic heterocycles. The van der Waals surface area contributed by atoms with Gasteiger partial charge in [-0.25, -0.2) is 4.79 Å². The molecule has 0 spiro atoms. The number of quaternary nitrogens is 1. The molecule has 0 aliphatic rings. The lowest BCUT2D eigenvalue weighted by Crippen LogP contribution is -2.40. The Bertz CT molecular complexity index is 1460. The standard InChI is InChI=1S/C69H125NO8/c1-6-8-10-12-14-16-18-20-22-24-25-26-27-28-29-30-31-32-33-34-35-36-37-38-39-40-41-42-44-45-47-49-51-53-55-57-59-66(71)76-63-65(64-77-69(68(73)74)75-62-61-70(3,4)5)78-67(72)60-58-56-54-52-50-48-46-43-23-21-19-17-15-13-11-9-7-2/h9,11,15,17,21,23,46,48,52,54,65,69H,6-8,10,12-14,16,18-20,22,24-45,47,49-51,53,55-64H2,1-5H3/p+1/b11-9-,17-15-,23-21-,48-46-,54-52-. The third-order valence-electron chi connectivity index (χ3n) is 14.5. The van der Waals surface area contributed by atoms with E-state index in [1.165, 1.54) is 212 Å². The number of carboxylic acids is 1. The van der Waals surface area contributed by atoms with Crippen LogP contribution in [0.1, 0.15) is 303 Å². The van der Waals surface area contributed by atoms with Crippen LogP contribution in [-0.2, 0) is 33.3 Å². The summed E-state index contributed by atoms with van der Waals surface area (Å²) in [7, 11) is 5.95. The molecule has 0 bridgehead atoms. The number of esters is 2. The summed E-state index contributed by atoms with van der Waals surface area (Å²) in [6.07, 6.45) is 75.1. The van der Waals surface area contributed by atoms with Crippen LogP contribution in [0.3, 0.4) is 0 Å². The average Bonchev–Trinajstić information content (AvgIpc) is 3.41. The van der Waals surface area contributed by atoms with Crippen molar-refractivity contribution in [2.75, 3.05) is 47.5 Å². The smallest absolute Gasteiger partial charge is 0.361 e. The van der Waals surface area contributed by atoms with Gasteiger partial charge in [0.1, 0.15) is 13.2 Å². The van der Waals surface area contributed by atoms with Crippen molar-refractivity contribution in [3.05, 3.63) is 60.8 Å². The molecule has 0 aromatic heterocycles. The number of hydrogen-bond donors (Lipinski definition) is 1. The van der Waals surface area contributed by atoms with Crippen LogP contribution in [0.15, 0.2) is 60.8 Å². The third-order valence-corrected chi connectivity index (χ3v) is 14.5. The summed E-state index contributed by atoms with van der Waals surface area (Å²) in [4.78, 5) is 37.4. The molecule has 454 valence electrons. The molecule has 2 atom stereocenters. The van der Waals surface area contributed by atoms with Crippen LogP contribution >= 0.6 is 0 Å². The van der Waals surface area contributed by atoms with Crippen LogP contribution in [0, 0.1) is 0 Å². The van der Waals surface area contributed by atoms with Crippen molar-refractivity contribution < 1.29 is 42.9 Å². The van der Waals surface area contributed by atoms with Crippen molar-refractivity contribution >= 4 is 17.9 Å². The second-order valence-electron chi connectivity index (χ2n) is 23.4. The van der Waals surface area contributed by atoms with Crippen molar-refractivity contribution in [1.82, 2.24) is 0 Å². The summed E-state index contributed by atoms with van der Waals surface area (Å²) < 4.78 is 22.8. The lowest BCUT2D eigenvalue weighted by atomic mass is 10.0. The number of carbonyl (C=O) groups is 3. The zero-order valence-electron chi connectivity index (χ0n) is 51.8. The Morgan fingerprint density at radius 1 is 0.397 bits per heavy atom. The highest BCUT2D eigenvalue weighted by Gasteiger charge is 2.25. The number of rotatable bonds is 61. The molecule has 0 radical (unpaired) electrons. The van der Waals surface area contributed by atoms with E-state index in [2.05, 4.69) is 74.6 Å². The number of hydrogen-bond acceptors (Lipinski definition) is 7. The van der Waals surface area contributed by atoms with Crippen LogP contribution in [-0.4, -0.2) is 87.4 Å². The van der Waals surface area contributed by atoms with Crippen molar-refractivity contribution in [2.24, 2.45) is 0 Å². The Balaban J connectivity index is 4.02. The Morgan fingerprint density at radius 2 is 0.731 bits per heavy atom. The highest BCUT2D eigenvalue weighted by molar-refractivity contribution is 5.71. The van der Waals surface area contributed by atoms with Crippen LogP contribution < -0.4 is 0 Å². The SMILES string of the molecule is CC/C=C\C/C=C\C/C=C\C/C=C\C/C=C\CCCC(=O)OC(COC(=O)CCCCCCCCCCCCCCCCCCCCCCCCCCCCCCCCCCCCCC)COC(OCC[N+](C)(C)C)C(=O)O. The highest BCUT2D eigenvalue weighted by atomic mass is 16.7. The van der Waals surface area contributed by atoms with E-state index in [4.69, 9.17) is 18.9 Å². The number of likely N-dealkylation sites (N-methyl/N-ethyl adjacent to an activating group) is 1. The molecule has 0 aromatic carbocycles. The topological polar surface area (TPSA) is 108 Å². The minimum absolute atomic E-state index is 0.176. The van der Waals surface area contributed by atoms with Crippen molar-refractivity contribution in [3.8, 4) is 0 Å². The van der Waals surface area contributed by atoms with E-state index in [9.17, 15) is 19.5 Å². The van der Waals surface area contributed by atoms with E-state index in [0.29, 0.717) is 23.9 Å². The lowest BCUT2D eigenvalue weighted by molar-refractivity contribution is -0.870. The number of unbranched alkanes of at least 4 members (excludes halogenated alkanes) is 36. The van der Waals surface area contributed by atoms with E-state index < -0.39 is 24.3 Å². The first-order valence-electron chi connectivity index (χ1n) is 33.0. The van der Waals surface area contributed by atoms with Gasteiger partial charge in [0.2, 0.25) is 0 Å². The summed E-state index contributed by atoms with van der Waals surface area (Å²) in [5.41, 5.74) is 0. The van der Waals surface area contributed by atoms with Gasteiger partial charge in [0.15, 0.2) is 6.10 Å². The predicted molar refractivity (Wildman–Crippen MR) is 332 cm³/mol. The molecule has 0 amide bonds. The maximum absolute atomic E-state index is 12.8. The van der Waals surface area contributed by atoms with E-state index in [-0.39, 0.29) is 32.2 Å². The molecule has 2 unspecified atom stereocenters. The van der Waals surface area contributed by atoms with Gasteiger partial charge < -0.3 is 28.5 Å². The number of aliphatic carboxylic acids is 1. The van der Waals surface area contributed by atoms with Crippen molar-refractivity contribution in [3.63, 3.8) is 0 Å². The first-order chi connectivity index (χ1) is 38.1. The Morgan fingerprint density at radius 3 is 1.08 bits per heavy atom. The first kappa shape index (κ1) is 75.0. The van der Waals surface area contributed by atoms with E-state index in [0.717, 1.165) is 57.8 Å². The number of ether oxygens (including phenoxy) is 4. The second kappa shape index (κ2) is 60.1. The van der Waals surface area contributed by atoms with E-state index >= 15 is 0 Å². The maximum atomic E-state index is 12.8. The van der Waals surface area contributed by atoms with Gasteiger partial charge in [-0.2, -0.15) is 0 Å². The second-order valence-corrected chi connectivity index (χ2v) is 23.4. The summed E-state index contributed by atoms with van der Waals surface area (Å²) in [5.74, 6) is -2.08. The number of carboxylic acid groups (broad SMARTS) is 1. The molecule has 0 aliphatic carbocycles. The minimum atomic E-state index is -1.53. The van der Waals surface area contributed by atoms with Crippen LogP contribution in [0.5, 0.6) is 0 Å². The van der Waals surface area contributed by atoms with E-state index in [1.807, 2.05) is 21.1 Å². The normalized spacial score (nSPS) is 13.1. The summed E-state index contributed by atoms with van der Waals surface area (Å²) >= 11 is 0. The van der Waals surface area contributed by atoms with Gasteiger partial charge in [0.25, 0.3) is 6.29 Å². The fraction of sp³-hybridized carbons (Fsp3) is 0.812. The molecule has 9 nitrogen and oxygen atoms in total. The first-order valence-corrected chi connectivity index (χ1v) is 33.0. The summed E-state index contributed by atoms with van der Waals surface area (Å²) in [6, 6.07) is 0. The van der Waals surface area contributed by atoms with Gasteiger partial charge in [-0.1, -0.05) is 299 Å². The molecule has 0 saturated carbocycles. The molecule has 9 heteroatoms. The molecule has 1 N–H and O–H groups in total. The minimum Gasteiger partial charge on any atom is -0.477 e. The zero-order chi connectivity index (χ0) is 56.9. The van der Waals surface area contributed by atoms with Gasteiger partial charge >= 0.3 is 17.9 Å². The van der Waals surface area contributed by atoms with Gasteiger partial charge in [-0.05, 0) is 51.4 Å². The van der Waals surface area contributed by atoms with Gasteiger partial charge in [-0.15, -0.1) is 0 Å². The van der Waals surface area contributed by atoms with Crippen molar-refractivity contribution in [1.29, 1.82) is 0 Å². The largest absolute Gasteiger partial charge is 0.477 e. The molecular weight excluding hydrogens is 971 g/mol. The summed E-state index contributed by atoms with van der Waals surface area (Å²) in [5, 5.41) is 9.70. The summed E-state index contributed by atoms with van der Waals surface area (Å²) in [6.45, 7) is 4.73. The molecule has 0 aromatic rings. The Kier molecular flexibility index (Phi) is 57.8. The van der Waals surface area contributed by atoms with E-state index in [1.54, 1.807) is 0 Å². The van der Waals surface area contributed by atoms with Crippen LogP contribution in [0.4, 0.5) is 0 Å². The molecule has 0 rings (SSSR count). The highest BCUT2D eigenvalue weighted by Crippen LogP contribution is 2.18. The molecule has 78 heavy (non-hydrogen) atoms. The van der Waals surface area contributed by atoms with Gasteiger partial charge in [0.05, 0.1) is 34.4 Å². The number of allylic oxidation sites excluding steroid dienone is 10. The molecule has 0 saturated heterocycles. The van der Waals surface area contributed by atoms with Crippen LogP contribution in [0.25, 0.3) is 0 Å². The predicted octanol–water partition coefficient (Wildman–Crippen LogP) is 20.0. The fourth-order valence-corrected chi connectivity index (χ4v) is 9.52. The molecular formula is C69H126NO8+. The lowest BCUT2D eigenvalue weighted by Gasteiger charge is -2.25. The van der Waals surface area contributed by atoms with Crippen molar-refractivity contribution in [2.45, 2.75) is 315 Å². The quantitative estimate of drug-likeness (QED) is 0.0211. The maximum Gasteiger partial charge on any atom is 0.361 e. The molecule has 0 fully saturated rings. The Hall–Kier alpha value is -3.01. The van der Waals surface area contributed by atoms with Crippen LogP contribution in [0.2, 0.25) is 0 Å².